The zero-order valence-electron chi connectivity index (χ0n) is 32.2. The quantitative estimate of drug-likeness (QED) is 0.158. The standard InChI is InChI=1S/C38H55FN6O4Si2/c1-25(2)33(46)44-35-42-31(40-10)29-32(43-35)45(24-41-29)34-28(39)30(49-50(11,12)36(3,4)5)38(9,48-34)23-47-51(37(6,7)8,26-19-15-13-16-20-26)27-21-17-14-18-22-27/h13-22,24-25,28,30,34H,23H2,1-12H3,(H2,40,42,43,44,46)/t28-,30+,34-,38-/m1/s1. The second-order valence-corrected chi connectivity index (χ2v) is 25.7. The Labute approximate surface area is 304 Å². The highest BCUT2D eigenvalue weighted by Gasteiger charge is 2.60. The minimum Gasteiger partial charge on any atom is -0.408 e. The van der Waals surface area contributed by atoms with Crippen LogP contribution in [0, 0.1) is 5.92 Å². The highest BCUT2D eigenvalue weighted by molar-refractivity contribution is 6.99. The van der Waals surface area contributed by atoms with Crippen LogP contribution in [-0.2, 0) is 18.4 Å². The summed E-state index contributed by atoms with van der Waals surface area (Å²) < 4.78 is 40.2. The van der Waals surface area contributed by atoms with E-state index in [1.165, 1.54) is 6.33 Å². The van der Waals surface area contributed by atoms with E-state index in [9.17, 15) is 4.79 Å². The Morgan fingerprint density at radius 1 is 0.980 bits per heavy atom. The maximum Gasteiger partial charge on any atom is 0.261 e. The summed E-state index contributed by atoms with van der Waals surface area (Å²) in [4.78, 5) is 26.3. The molecule has 0 saturated carbocycles. The van der Waals surface area contributed by atoms with Crippen LogP contribution >= 0.6 is 0 Å². The number of halogens is 1. The van der Waals surface area contributed by atoms with Gasteiger partial charge in [0.1, 0.15) is 11.7 Å². The molecule has 13 heteroatoms. The van der Waals surface area contributed by atoms with E-state index in [1.54, 1.807) is 25.5 Å². The number of carbonyl (C=O) groups excluding carboxylic acids is 1. The molecule has 1 fully saturated rings. The molecule has 4 atom stereocenters. The van der Waals surface area contributed by atoms with Gasteiger partial charge in [0.05, 0.1) is 12.9 Å². The zero-order chi connectivity index (χ0) is 37.6. The van der Waals surface area contributed by atoms with Gasteiger partial charge in [-0.05, 0) is 40.5 Å². The fraction of sp³-hybridized carbons (Fsp3) is 0.526. The van der Waals surface area contributed by atoms with E-state index >= 15 is 4.39 Å². The molecule has 0 spiro atoms. The molecule has 2 aromatic heterocycles. The van der Waals surface area contributed by atoms with Crippen LogP contribution in [0.2, 0.25) is 23.2 Å². The van der Waals surface area contributed by atoms with Crippen LogP contribution in [-0.4, -0.2) is 73.6 Å². The van der Waals surface area contributed by atoms with Gasteiger partial charge in [-0.2, -0.15) is 9.97 Å². The van der Waals surface area contributed by atoms with Gasteiger partial charge in [-0.1, -0.05) is 116 Å². The molecule has 0 aliphatic carbocycles. The maximum atomic E-state index is 17.4. The molecule has 0 bridgehead atoms. The van der Waals surface area contributed by atoms with Crippen molar-refractivity contribution in [3.63, 3.8) is 0 Å². The largest absolute Gasteiger partial charge is 0.408 e. The van der Waals surface area contributed by atoms with E-state index in [2.05, 4.69) is 104 Å². The predicted octanol–water partition coefficient (Wildman–Crippen LogP) is 7.06. The molecule has 0 radical (unpaired) electrons. The van der Waals surface area contributed by atoms with Crippen LogP contribution in [0.3, 0.4) is 0 Å². The van der Waals surface area contributed by atoms with Crippen molar-refractivity contribution < 1.29 is 22.8 Å². The Balaban J connectivity index is 1.63. The number of rotatable bonds is 11. The molecule has 276 valence electrons. The first-order valence-electron chi connectivity index (χ1n) is 17.7. The van der Waals surface area contributed by atoms with Crippen molar-refractivity contribution in [3.8, 4) is 0 Å². The van der Waals surface area contributed by atoms with Gasteiger partial charge in [-0.15, -0.1) is 0 Å². The minimum absolute atomic E-state index is 0.0789. The minimum atomic E-state index is -3.02. The summed E-state index contributed by atoms with van der Waals surface area (Å²) in [5.74, 6) is -0.0328. The van der Waals surface area contributed by atoms with Gasteiger partial charge in [-0.25, -0.2) is 9.37 Å². The Bertz CT molecular complexity index is 1790. The Kier molecular flexibility index (Phi) is 10.7. The molecule has 1 saturated heterocycles. The van der Waals surface area contributed by atoms with Crippen LogP contribution in [0.1, 0.15) is 68.5 Å². The molecule has 0 unspecified atom stereocenters. The summed E-state index contributed by atoms with van der Waals surface area (Å²) in [6.07, 6.45) is -2.20. The molecule has 1 amide bonds. The average Bonchev–Trinajstić information content (AvgIpc) is 3.59. The molecule has 1 aliphatic heterocycles. The van der Waals surface area contributed by atoms with Crippen molar-refractivity contribution in [2.75, 3.05) is 24.3 Å². The van der Waals surface area contributed by atoms with Gasteiger partial charge >= 0.3 is 0 Å². The van der Waals surface area contributed by atoms with Gasteiger partial charge in [0.15, 0.2) is 37.7 Å². The number of nitrogens with zero attached hydrogens (tertiary/aromatic N) is 4. The highest BCUT2D eigenvalue weighted by atomic mass is 28.4. The highest BCUT2D eigenvalue weighted by Crippen LogP contribution is 2.48. The first-order chi connectivity index (χ1) is 23.8. The number of nitrogens with one attached hydrogen (secondary N) is 2. The van der Waals surface area contributed by atoms with E-state index in [-0.39, 0.29) is 34.5 Å². The molecule has 5 rings (SSSR count). The van der Waals surface area contributed by atoms with E-state index in [0.717, 1.165) is 10.4 Å². The molecule has 3 heterocycles. The lowest BCUT2D eigenvalue weighted by molar-refractivity contribution is -0.118. The van der Waals surface area contributed by atoms with Crippen LogP contribution in [0.25, 0.3) is 11.2 Å². The monoisotopic (exact) mass is 734 g/mol. The lowest BCUT2D eigenvalue weighted by atomic mass is 9.99. The molecule has 4 aromatic rings. The smallest absolute Gasteiger partial charge is 0.261 e. The Morgan fingerprint density at radius 3 is 2.04 bits per heavy atom. The summed E-state index contributed by atoms with van der Waals surface area (Å²) in [5, 5.41) is 7.56. The van der Waals surface area contributed by atoms with Crippen molar-refractivity contribution in [2.45, 2.75) is 110 Å². The van der Waals surface area contributed by atoms with Crippen LogP contribution in [0.15, 0.2) is 67.0 Å². The number of ether oxygens (including phenoxy) is 1. The van der Waals surface area contributed by atoms with Crippen molar-refractivity contribution >= 4 is 55.8 Å². The number of fused-ring (bicyclic) bond motifs is 1. The van der Waals surface area contributed by atoms with Crippen LogP contribution in [0.5, 0.6) is 0 Å². The second-order valence-electron chi connectivity index (χ2n) is 16.6. The lowest BCUT2D eigenvalue weighted by Crippen LogP contribution is -2.68. The lowest BCUT2D eigenvalue weighted by Gasteiger charge is -2.46. The number of aromatic nitrogens is 4. The molecule has 2 N–H and O–H groups in total. The van der Waals surface area contributed by atoms with E-state index in [0.29, 0.717) is 17.0 Å². The third-order valence-corrected chi connectivity index (χ3v) is 19.9. The number of alkyl halides is 1. The molecule has 2 aromatic carbocycles. The van der Waals surface area contributed by atoms with Gasteiger partial charge in [-0.3, -0.25) is 14.7 Å². The number of hydrogen-bond donors (Lipinski definition) is 2. The van der Waals surface area contributed by atoms with Gasteiger partial charge in [0.2, 0.25) is 11.9 Å². The third kappa shape index (κ3) is 7.28. The summed E-state index contributed by atoms with van der Waals surface area (Å²) in [5.41, 5.74) is -0.462. The Hall–Kier alpha value is -3.50. The molecular formula is C38H55FN6O4Si2. The molecule has 51 heavy (non-hydrogen) atoms. The van der Waals surface area contributed by atoms with E-state index in [4.69, 9.17) is 13.6 Å². The zero-order valence-corrected chi connectivity index (χ0v) is 34.2. The predicted molar refractivity (Wildman–Crippen MR) is 207 cm³/mol. The van der Waals surface area contributed by atoms with Crippen molar-refractivity contribution in [3.05, 3.63) is 67.0 Å². The fourth-order valence-electron chi connectivity index (χ4n) is 6.51. The van der Waals surface area contributed by atoms with Gasteiger partial charge in [0.25, 0.3) is 8.32 Å². The number of amides is 1. The second kappa shape index (κ2) is 14.1. The fourth-order valence-corrected chi connectivity index (χ4v) is 12.5. The van der Waals surface area contributed by atoms with Crippen LogP contribution in [0.4, 0.5) is 16.2 Å². The maximum absolute atomic E-state index is 17.4. The van der Waals surface area contributed by atoms with Crippen LogP contribution < -0.4 is 21.0 Å². The first kappa shape index (κ1) is 38.7. The number of benzene rings is 2. The Morgan fingerprint density at radius 2 is 1.55 bits per heavy atom. The number of imidazole rings is 1. The SMILES string of the molecule is CNc1nc(NC(=O)C(C)C)nc2c1ncn2[C@@H]1O[C@](C)(CO[Si](c2ccccc2)(c2ccccc2)C(C)(C)C)[C@@H](O[Si](C)(C)C(C)(C)C)[C@H]1F. The summed E-state index contributed by atoms with van der Waals surface area (Å²) in [6.45, 7) is 22.9. The number of carbonyl (C=O) groups is 1. The molecule has 10 nitrogen and oxygen atoms in total. The number of hydrogen-bond acceptors (Lipinski definition) is 8. The summed E-state index contributed by atoms with van der Waals surface area (Å²) in [6, 6.07) is 20.8. The van der Waals surface area contributed by atoms with E-state index in [1.807, 2.05) is 43.3 Å². The molecular weight excluding hydrogens is 680 g/mol. The topological polar surface area (TPSA) is 112 Å². The van der Waals surface area contributed by atoms with Crippen molar-refractivity contribution in [1.29, 1.82) is 0 Å². The van der Waals surface area contributed by atoms with Gasteiger partial charge in [0, 0.05) is 13.0 Å². The van der Waals surface area contributed by atoms with E-state index < -0.39 is 40.7 Å². The molecule has 1 aliphatic rings. The summed E-state index contributed by atoms with van der Waals surface area (Å²) >= 11 is 0. The van der Waals surface area contributed by atoms with Crippen molar-refractivity contribution in [1.82, 2.24) is 19.5 Å². The third-order valence-electron chi connectivity index (χ3n) is 10.5. The summed E-state index contributed by atoms with van der Waals surface area (Å²) in [7, 11) is -3.85. The first-order valence-corrected chi connectivity index (χ1v) is 22.6. The normalized spacial score (nSPS) is 21.7. The van der Waals surface area contributed by atoms with Crippen molar-refractivity contribution in [2.24, 2.45) is 5.92 Å². The average molecular weight is 735 g/mol. The van der Waals surface area contributed by atoms with Gasteiger partial charge < -0.3 is 18.9 Å². The number of anilines is 2.